The highest BCUT2D eigenvalue weighted by molar-refractivity contribution is 7.84. The summed E-state index contributed by atoms with van der Waals surface area (Å²) in [4.78, 5) is 9.92. The lowest BCUT2D eigenvalue weighted by Gasteiger charge is -2.10. The van der Waals surface area contributed by atoms with Crippen LogP contribution in [0.2, 0.25) is 0 Å². The summed E-state index contributed by atoms with van der Waals surface area (Å²) in [5.41, 5.74) is 2.18. The maximum absolute atomic E-state index is 12.1. The minimum Gasteiger partial charge on any atom is -0.355 e. The number of guanidine groups is 1. The molecular weight excluding hydrogens is 340 g/mol. The summed E-state index contributed by atoms with van der Waals surface area (Å²) in [5.74, 6) is 1.88. The van der Waals surface area contributed by atoms with Crippen LogP contribution in [0.1, 0.15) is 21.1 Å². The first-order valence-electron chi connectivity index (χ1n) is 7.85. The zero-order chi connectivity index (χ0) is 17.4. The molecule has 0 spiro atoms. The van der Waals surface area contributed by atoms with Crippen LogP contribution in [0, 0.1) is 13.8 Å². The number of hydrogen-bond acceptors (Lipinski definition) is 4. The molecule has 2 aromatic rings. The predicted octanol–water partition coefficient (Wildman–Crippen LogP) is 2.37. The number of rotatable bonds is 7. The van der Waals surface area contributed by atoms with Crippen molar-refractivity contribution in [3.63, 3.8) is 0 Å². The number of aromatic nitrogens is 1. The molecule has 1 aromatic heterocycles. The molecule has 1 atom stereocenters. The second-order valence-corrected chi connectivity index (χ2v) is 8.24. The van der Waals surface area contributed by atoms with Gasteiger partial charge in [0.15, 0.2) is 5.96 Å². The number of thiazole rings is 1. The summed E-state index contributed by atoms with van der Waals surface area (Å²) in [6, 6.07) is 9.92. The minimum atomic E-state index is -0.885. The van der Waals surface area contributed by atoms with Gasteiger partial charge in [0, 0.05) is 40.8 Å². The molecule has 0 bridgehead atoms. The molecule has 2 N–H and O–H groups in total. The topological polar surface area (TPSA) is 66.4 Å². The van der Waals surface area contributed by atoms with Crippen molar-refractivity contribution in [3.05, 3.63) is 51.5 Å². The summed E-state index contributed by atoms with van der Waals surface area (Å²) in [6.45, 7) is 5.36. The normalized spacial score (nSPS) is 12.9. The van der Waals surface area contributed by atoms with E-state index in [9.17, 15) is 4.21 Å². The van der Waals surface area contributed by atoms with Crippen LogP contribution < -0.4 is 10.6 Å². The number of nitrogens with one attached hydrogen (secondary N) is 2. The highest BCUT2D eigenvalue weighted by Crippen LogP contribution is 2.15. The summed E-state index contributed by atoms with van der Waals surface area (Å²) in [5, 5.41) is 7.48. The van der Waals surface area contributed by atoms with Crippen molar-refractivity contribution in [2.24, 2.45) is 4.99 Å². The van der Waals surface area contributed by atoms with Gasteiger partial charge in [0.2, 0.25) is 0 Å². The Balaban J connectivity index is 1.70. The van der Waals surface area contributed by atoms with Crippen LogP contribution in [-0.2, 0) is 23.1 Å². The molecule has 1 unspecified atom stereocenters. The number of aliphatic imine (C=N–C) groups is 1. The Morgan fingerprint density at radius 2 is 2.00 bits per heavy atom. The van der Waals surface area contributed by atoms with E-state index in [0.29, 0.717) is 30.6 Å². The van der Waals surface area contributed by atoms with Gasteiger partial charge >= 0.3 is 0 Å². The molecule has 0 amide bonds. The Bertz CT molecular complexity index is 678. The van der Waals surface area contributed by atoms with Gasteiger partial charge in [0.1, 0.15) is 5.01 Å². The molecule has 7 heteroatoms. The van der Waals surface area contributed by atoms with E-state index >= 15 is 0 Å². The molecule has 5 nitrogen and oxygen atoms in total. The van der Waals surface area contributed by atoms with Crippen molar-refractivity contribution in [1.82, 2.24) is 15.6 Å². The van der Waals surface area contributed by atoms with Crippen LogP contribution >= 0.6 is 11.3 Å². The van der Waals surface area contributed by atoms with Crippen LogP contribution in [0.15, 0.2) is 35.3 Å². The highest BCUT2D eigenvalue weighted by atomic mass is 32.2. The first-order chi connectivity index (χ1) is 11.6. The van der Waals surface area contributed by atoms with Crippen LogP contribution in [0.4, 0.5) is 0 Å². The van der Waals surface area contributed by atoms with Crippen molar-refractivity contribution in [2.45, 2.75) is 26.1 Å². The van der Waals surface area contributed by atoms with E-state index in [4.69, 9.17) is 0 Å². The first-order valence-corrected chi connectivity index (χ1v) is 10.1. The maximum atomic E-state index is 12.1. The molecule has 0 radical (unpaired) electrons. The monoisotopic (exact) mass is 364 g/mol. The van der Waals surface area contributed by atoms with E-state index in [1.165, 1.54) is 4.88 Å². The molecule has 130 valence electrons. The van der Waals surface area contributed by atoms with Gasteiger partial charge in [-0.15, -0.1) is 11.3 Å². The van der Waals surface area contributed by atoms with E-state index in [0.717, 1.165) is 16.3 Å². The van der Waals surface area contributed by atoms with Gasteiger partial charge in [0.05, 0.1) is 12.2 Å². The largest absolute Gasteiger partial charge is 0.355 e. The van der Waals surface area contributed by atoms with E-state index in [-0.39, 0.29) is 0 Å². The molecule has 0 aliphatic rings. The maximum Gasteiger partial charge on any atom is 0.191 e. The number of aryl methyl sites for hydroxylation is 2. The van der Waals surface area contributed by atoms with Crippen LogP contribution in [0.3, 0.4) is 0 Å². The zero-order valence-electron chi connectivity index (χ0n) is 14.3. The van der Waals surface area contributed by atoms with Gasteiger partial charge in [-0.1, -0.05) is 30.3 Å². The zero-order valence-corrected chi connectivity index (χ0v) is 16.0. The highest BCUT2D eigenvalue weighted by Gasteiger charge is 2.06. The summed E-state index contributed by atoms with van der Waals surface area (Å²) >= 11 is 1.69. The Morgan fingerprint density at radius 3 is 2.62 bits per heavy atom. The molecule has 1 heterocycles. The molecule has 0 aliphatic carbocycles. The summed E-state index contributed by atoms with van der Waals surface area (Å²) in [7, 11) is 0.846. The smallest absolute Gasteiger partial charge is 0.191 e. The molecule has 0 saturated carbocycles. The first kappa shape index (κ1) is 18.6. The average Bonchev–Trinajstić information content (AvgIpc) is 2.90. The molecule has 2 rings (SSSR count). The Kier molecular flexibility index (Phi) is 7.39. The number of hydrogen-bond donors (Lipinski definition) is 2. The third-order valence-corrected chi connectivity index (χ3v) is 5.88. The molecule has 0 fully saturated rings. The fourth-order valence-corrected chi connectivity index (χ4v) is 4.02. The van der Waals surface area contributed by atoms with Crippen molar-refractivity contribution in [3.8, 4) is 0 Å². The standard InChI is InChI=1S/C17H24N4OS2/c1-13-14(2)23-16(21-13)11-20-17(18-3)19-9-10-24(22)12-15-7-5-4-6-8-15/h4-8H,9-12H2,1-3H3,(H2,18,19,20). The van der Waals surface area contributed by atoms with Gasteiger partial charge in [-0.2, -0.15) is 0 Å². The van der Waals surface area contributed by atoms with Gasteiger partial charge < -0.3 is 10.6 Å². The summed E-state index contributed by atoms with van der Waals surface area (Å²) < 4.78 is 12.1. The Hall–Kier alpha value is -1.73. The fraction of sp³-hybridized carbons (Fsp3) is 0.412. The second-order valence-electron chi connectivity index (χ2n) is 5.38. The van der Waals surface area contributed by atoms with Gasteiger partial charge in [-0.3, -0.25) is 9.20 Å². The third-order valence-electron chi connectivity index (χ3n) is 3.50. The van der Waals surface area contributed by atoms with Crippen molar-refractivity contribution in [2.75, 3.05) is 19.3 Å². The molecule has 24 heavy (non-hydrogen) atoms. The van der Waals surface area contributed by atoms with Crippen LogP contribution in [0.25, 0.3) is 0 Å². The van der Waals surface area contributed by atoms with Crippen molar-refractivity contribution < 1.29 is 4.21 Å². The lowest BCUT2D eigenvalue weighted by Crippen LogP contribution is -2.38. The van der Waals surface area contributed by atoms with E-state index < -0.39 is 10.8 Å². The van der Waals surface area contributed by atoms with E-state index in [1.807, 2.05) is 37.3 Å². The quantitative estimate of drug-likeness (QED) is 0.585. The predicted molar refractivity (Wildman–Crippen MR) is 103 cm³/mol. The Morgan fingerprint density at radius 1 is 1.25 bits per heavy atom. The van der Waals surface area contributed by atoms with Gasteiger partial charge in [-0.25, -0.2) is 4.98 Å². The Labute approximate surface area is 150 Å². The van der Waals surface area contributed by atoms with Crippen LogP contribution in [-0.4, -0.2) is 34.5 Å². The second kappa shape index (κ2) is 9.54. The fourth-order valence-electron chi connectivity index (χ4n) is 2.11. The molecule has 1 aromatic carbocycles. The third kappa shape index (κ3) is 6.05. The SMILES string of the molecule is CN=C(NCCS(=O)Cc1ccccc1)NCc1nc(C)c(C)s1. The van der Waals surface area contributed by atoms with E-state index in [1.54, 1.807) is 18.4 Å². The van der Waals surface area contributed by atoms with Crippen molar-refractivity contribution >= 4 is 28.1 Å². The van der Waals surface area contributed by atoms with Crippen molar-refractivity contribution in [1.29, 1.82) is 0 Å². The number of benzene rings is 1. The molecule has 0 saturated heterocycles. The van der Waals surface area contributed by atoms with Crippen LogP contribution in [0.5, 0.6) is 0 Å². The number of nitrogens with zero attached hydrogens (tertiary/aromatic N) is 2. The lowest BCUT2D eigenvalue weighted by molar-refractivity contribution is 0.680. The van der Waals surface area contributed by atoms with E-state index in [2.05, 4.69) is 27.5 Å². The molecule has 0 aliphatic heterocycles. The average molecular weight is 365 g/mol. The minimum absolute atomic E-state index is 0.588. The summed E-state index contributed by atoms with van der Waals surface area (Å²) in [6.07, 6.45) is 0. The lowest BCUT2D eigenvalue weighted by atomic mass is 10.2. The van der Waals surface area contributed by atoms with Gasteiger partial charge in [0.25, 0.3) is 0 Å². The molecular formula is C17H24N4OS2. The van der Waals surface area contributed by atoms with Gasteiger partial charge in [-0.05, 0) is 19.4 Å².